The van der Waals surface area contributed by atoms with Gasteiger partial charge in [0.15, 0.2) is 0 Å². The average molecular weight is 293 g/mol. The number of nitrogens with two attached hydrogens (primary N) is 1. The van der Waals surface area contributed by atoms with E-state index in [9.17, 15) is 9.18 Å². The summed E-state index contributed by atoms with van der Waals surface area (Å²) in [4.78, 5) is 11.5. The van der Waals surface area contributed by atoms with E-state index in [4.69, 9.17) is 22.7 Å². The van der Waals surface area contributed by atoms with Gasteiger partial charge >= 0.3 is 5.97 Å². The highest BCUT2D eigenvalue weighted by Crippen LogP contribution is 2.18. The molecule has 2 rings (SSSR count). The summed E-state index contributed by atoms with van der Waals surface area (Å²) in [5.74, 6) is -1.03. The van der Waals surface area contributed by atoms with Crippen LogP contribution in [0.1, 0.15) is 22.8 Å². The molecule has 0 aliphatic carbocycles. The van der Waals surface area contributed by atoms with Gasteiger partial charge in [-0.15, -0.1) is 0 Å². The molecule has 0 fully saturated rings. The van der Waals surface area contributed by atoms with Gasteiger partial charge in [-0.25, -0.2) is 13.9 Å². The van der Waals surface area contributed by atoms with E-state index >= 15 is 0 Å². The molecule has 5 nitrogen and oxygen atoms in total. The molecular weight excluding hydrogens is 281 g/mol. The molecule has 1 aromatic heterocycles. The van der Waals surface area contributed by atoms with E-state index in [0.717, 1.165) is 0 Å². The number of nitrogens with zero attached hydrogens (tertiary/aromatic N) is 2. The Kier molecular flexibility index (Phi) is 4.09. The van der Waals surface area contributed by atoms with E-state index in [1.54, 1.807) is 13.0 Å². The van der Waals surface area contributed by atoms with Crippen molar-refractivity contribution in [2.45, 2.75) is 6.92 Å². The zero-order chi connectivity index (χ0) is 14.7. The Morgan fingerprint density at radius 3 is 2.95 bits per heavy atom. The number of hydrogen-bond acceptors (Lipinski definition) is 4. The minimum atomic E-state index is -0.539. The Morgan fingerprint density at radius 2 is 2.30 bits per heavy atom. The Labute approximate surface area is 120 Å². The normalized spacial score (nSPS) is 10.3. The summed E-state index contributed by atoms with van der Waals surface area (Å²) in [6.07, 6.45) is 2.78. The largest absolute Gasteiger partial charge is 0.462 e. The van der Waals surface area contributed by atoms with Crippen LogP contribution in [0.25, 0.3) is 5.69 Å². The maximum atomic E-state index is 13.8. The molecule has 0 saturated heterocycles. The average Bonchev–Trinajstić information content (AvgIpc) is 2.87. The fraction of sp³-hybridized carbons (Fsp3) is 0.154. The van der Waals surface area contributed by atoms with E-state index in [-0.39, 0.29) is 22.7 Å². The van der Waals surface area contributed by atoms with E-state index in [0.29, 0.717) is 5.69 Å². The van der Waals surface area contributed by atoms with Crippen LogP contribution in [0.3, 0.4) is 0 Å². The molecule has 7 heteroatoms. The topological polar surface area (TPSA) is 70.1 Å². The number of rotatable bonds is 4. The minimum absolute atomic E-state index is 0.0775. The third kappa shape index (κ3) is 2.67. The number of hydrogen-bond donors (Lipinski definition) is 1. The van der Waals surface area contributed by atoms with Crippen molar-refractivity contribution in [2.24, 2.45) is 5.73 Å². The van der Waals surface area contributed by atoms with Gasteiger partial charge < -0.3 is 10.5 Å². The summed E-state index contributed by atoms with van der Waals surface area (Å²) in [6.45, 7) is 1.97. The summed E-state index contributed by atoms with van der Waals surface area (Å²) in [5.41, 5.74) is 6.25. The highest BCUT2D eigenvalue weighted by molar-refractivity contribution is 7.80. The van der Waals surface area contributed by atoms with Crippen LogP contribution in [0.4, 0.5) is 4.39 Å². The van der Waals surface area contributed by atoms with Crippen LogP contribution in [0.2, 0.25) is 0 Å². The maximum Gasteiger partial charge on any atom is 0.341 e. The molecule has 2 aromatic rings. The lowest BCUT2D eigenvalue weighted by molar-refractivity contribution is 0.0526. The fourth-order valence-electron chi connectivity index (χ4n) is 1.72. The van der Waals surface area contributed by atoms with E-state index in [1.165, 1.54) is 29.2 Å². The summed E-state index contributed by atoms with van der Waals surface area (Å²) < 4.78 is 20.0. The van der Waals surface area contributed by atoms with Gasteiger partial charge in [0, 0.05) is 6.20 Å². The van der Waals surface area contributed by atoms with E-state index in [1.807, 2.05) is 0 Å². The van der Waals surface area contributed by atoms with Crippen LogP contribution in [0, 0.1) is 5.82 Å². The maximum absolute atomic E-state index is 13.8. The molecule has 0 radical (unpaired) electrons. The lowest BCUT2D eigenvalue weighted by Gasteiger charge is -2.08. The zero-order valence-corrected chi connectivity index (χ0v) is 11.5. The number of carbonyl (C=O) groups is 1. The van der Waals surface area contributed by atoms with Crippen LogP contribution in [0.5, 0.6) is 0 Å². The van der Waals surface area contributed by atoms with Crippen molar-refractivity contribution in [1.82, 2.24) is 9.78 Å². The highest BCUT2D eigenvalue weighted by Gasteiger charge is 2.15. The molecule has 20 heavy (non-hydrogen) atoms. The van der Waals surface area contributed by atoms with E-state index in [2.05, 4.69) is 5.10 Å². The quantitative estimate of drug-likeness (QED) is 0.688. The molecule has 0 unspecified atom stereocenters. The molecular formula is C13H12FN3O2S. The molecule has 1 heterocycles. The van der Waals surface area contributed by atoms with Gasteiger partial charge in [0.1, 0.15) is 10.8 Å². The Bertz CT molecular complexity index is 669. The lowest BCUT2D eigenvalue weighted by Crippen LogP contribution is -2.16. The first-order chi connectivity index (χ1) is 9.54. The number of benzene rings is 1. The molecule has 1 aromatic carbocycles. The Hall–Kier alpha value is -2.28. The number of carbonyl (C=O) groups excluding carboxylic acids is 1. The summed E-state index contributed by atoms with van der Waals surface area (Å²) in [6, 6.07) is 4.38. The Morgan fingerprint density at radius 1 is 1.55 bits per heavy atom. The SMILES string of the molecule is CCOC(=O)c1cnn(-c2cccc(F)c2C(N)=S)c1. The van der Waals surface area contributed by atoms with Crippen molar-refractivity contribution in [2.75, 3.05) is 6.61 Å². The number of aromatic nitrogens is 2. The van der Waals surface area contributed by atoms with Gasteiger partial charge in [0.25, 0.3) is 0 Å². The van der Waals surface area contributed by atoms with Gasteiger partial charge in [0.2, 0.25) is 0 Å². The van der Waals surface area contributed by atoms with Crippen molar-refractivity contribution in [3.63, 3.8) is 0 Å². The third-order valence-electron chi connectivity index (χ3n) is 2.58. The first kappa shape index (κ1) is 14.1. The second kappa shape index (κ2) is 5.79. The zero-order valence-electron chi connectivity index (χ0n) is 10.7. The van der Waals surface area contributed by atoms with Gasteiger partial charge in [-0.1, -0.05) is 18.3 Å². The van der Waals surface area contributed by atoms with Crippen LogP contribution in [-0.2, 0) is 4.74 Å². The molecule has 0 amide bonds. The standard InChI is InChI=1S/C13H12FN3O2S/c1-2-19-13(18)8-6-16-17(7-8)10-5-3-4-9(14)11(10)12(15)20/h3-7H,2H2,1H3,(H2,15,20). The predicted octanol–water partition coefficient (Wildman–Crippen LogP) is 1.82. The highest BCUT2D eigenvalue weighted by atomic mass is 32.1. The lowest BCUT2D eigenvalue weighted by atomic mass is 10.1. The van der Waals surface area contributed by atoms with Crippen molar-refractivity contribution in [1.29, 1.82) is 0 Å². The fourth-order valence-corrected chi connectivity index (χ4v) is 1.92. The van der Waals surface area contributed by atoms with Gasteiger partial charge in [0.05, 0.1) is 29.6 Å². The number of esters is 1. The van der Waals surface area contributed by atoms with Gasteiger partial charge in [-0.05, 0) is 19.1 Å². The summed E-state index contributed by atoms with van der Waals surface area (Å²) in [5, 5.41) is 4.01. The minimum Gasteiger partial charge on any atom is -0.462 e. The number of halogens is 1. The third-order valence-corrected chi connectivity index (χ3v) is 2.78. The molecule has 0 spiro atoms. The van der Waals surface area contributed by atoms with E-state index < -0.39 is 11.8 Å². The second-order valence-electron chi connectivity index (χ2n) is 3.89. The van der Waals surface area contributed by atoms with Crippen molar-refractivity contribution in [3.05, 3.63) is 47.5 Å². The van der Waals surface area contributed by atoms with Crippen molar-refractivity contribution >= 4 is 23.2 Å². The molecule has 2 N–H and O–H groups in total. The Balaban J connectivity index is 2.45. The molecule has 0 atom stereocenters. The van der Waals surface area contributed by atoms with Gasteiger partial charge in [-0.3, -0.25) is 0 Å². The van der Waals surface area contributed by atoms with Crippen LogP contribution in [0.15, 0.2) is 30.6 Å². The number of ether oxygens (including phenoxy) is 1. The van der Waals surface area contributed by atoms with Crippen molar-refractivity contribution < 1.29 is 13.9 Å². The molecule has 0 aliphatic rings. The van der Waals surface area contributed by atoms with Crippen molar-refractivity contribution in [3.8, 4) is 5.69 Å². The number of thiocarbonyl (C=S) groups is 1. The predicted molar refractivity (Wildman–Crippen MR) is 75.4 cm³/mol. The summed E-state index contributed by atoms with van der Waals surface area (Å²) >= 11 is 4.84. The first-order valence-corrected chi connectivity index (χ1v) is 6.26. The first-order valence-electron chi connectivity index (χ1n) is 5.85. The summed E-state index contributed by atoms with van der Waals surface area (Å²) in [7, 11) is 0. The van der Waals surface area contributed by atoms with Gasteiger partial charge in [-0.2, -0.15) is 5.10 Å². The van der Waals surface area contributed by atoms with Crippen LogP contribution < -0.4 is 5.73 Å². The molecule has 0 aliphatic heterocycles. The van der Waals surface area contributed by atoms with Crippen LogP contribution in [-0.4, -0.2) is 27.3 Å². The molecule has 0 bridgehead atoms. The molecule has 0 saturated carbocycles. The smallest absolute Gasteiger partial charge is 0.341 e. The molecule has 104 valence electrons. The second-order valence-corrected chi connectivity index (χ2v) is 4.33. The van der Waals surface area contributed by atoms with Crippen LogP contribution >= 0.6 is 12.2 Å². The monoisotopic (exact) mass is 293 g/mol.